The van der Waals surface area contributed by atoms with Crippen molar-refractivity contribution in [3.05, 3.63) is 0 Å². The van der Waals surface area contributed by atoms with E-state index in [2.05, 4.69) is 27.7 Å². The van der Waals surface area contributed by atoms with E-state index in [0.29, 0.717) is 37.5 Å². The van der Waals surface area contributed by atoms with E-state index in [1.807, 2.05) is 0 Å². The molecule has 0 aliphatic heterocycles. The molecule has 0 heterocycles. The minimum absolute atomic E-state index is 0.338. The Bertz CT molecular complexity index is 463. The summed E-state index contributed by atoms with van der Waals surface area (Å²) < 4.78 is 5.87. The first kappa shape index (κ1) is 32.1. The number of Topliss-reactive ketones (excluding diaryl/α,β-unsaturated/α-hetero) is 2. The Morgan fingerprint density at radius 2 is 0.879 bits per heavy atom. The maximum atomic E-state index is 12.6. The minimum atomic E-state index is -1.56. The summed E-state index contributed by atoms with van der Waals surface area (Å²) in [7, 11) is 0. The molecule has 33 heavy (non-hydrogen) atoms. The zero-order valence-corrected chi connectivity index (χ0v) is 21.4. The molecular weight excluding hydrogens is 424 g/mol. The molecule has 4 N–H and O–H groups in total. The lowest BCUT2D eigenvalue weighted by Crippen LogP contribution is -2.43. The maximum Gasteiger partial charge on any atom is 0.192 e. The van der Waals surface area contributed by atoms with Crippen molar-refractivity contribution in [2.45, 2.75) is 129 Å². The normalized spacial score (nSPS) is 15.6. The van der Waals surface area contributed by atoms with Crippen LogP contribution in [0, 0.1) is 11.8 Å². The summed E-state index contributed by atoms with van der Waals surface area (Å²) >= 11 is 0. The Hall–Kier alpha value is -0.860. The van der Waals surface area contributed by atoms with Gasteiger partial charge in [0.1, 0.15) is 24.4 Å². The van der Waals surface area contributed by atoms with Crippen molar-refractivity contribution in [2.75, 3.05) is 13.2 Å². The van der Waals surface area contributed by atoms with Gasteiger partial charge in [0.2, 0.25) is 0 Å². The Morgan fingerprint density at radius 3 is 1.15 bits per heavy atom. The number of unbranched alkanes of at least 4 members (excludes halogenated alkanes) is 6. The van der Waals surface area contributed by atoms with Gasteiger partial charge in [-0.05, 0) is 24.7 Å². The molecule has 0 radical (unpaired) electrons. The Morgan fingerprint density at radius 1 is 0.576 bits per heavy atom. The van der Waals surface area contributed by atoms with E-state index >= 15 is 0 Å². The third kappa shape index (κ3) is 15.6. The molecule has 4 unspecified atom stereocenters. The third-order valence-corrected chi connectivity index (χ3v) is 5.96. The fraction of sp³-hybridized carbons (Fsp3) is 0.923. The SMILES string of the molecule is CC(C)CCCCCCC(OC(CCCCCCC(C)C)C(=O)C(O)CO)C(=O)C(O)CO. The Kier molecular flexibility index (Phi) is 18.9. The quantitative estimate of drug-likeness (QED) is 0.177. The summed E-state index contributed by atoms with van der Waals surface area (Å²) in [6.07, 6.45) is 5.27. The van der Waals surface area contributed by atoms with Gasteiger partial charge in [-0.2, -0.15) is 0 Å². The zero-order valence-electron chi connectivity index (χ0n) is 21.4. The first-order valence-electron chi connectivity index (χ1n) is 12.9. The van der Waals surface area contributed by atoms with E-state index in [9.17, 15) is 30.0 Å². The van der Waals surface area contributed by atoms with Gasteiger partial charge < -0.3 is 25.2 Å². The first-order chi connectivity index (χ1) is 15.6. The molecule has 0 aromatic carbocycles. The van der Waals surface area contributed by atoms with Crippen LogP contribution in [-0.4, -0.2) is 69.6 Å². The molecule has 4 atom stereocenters. The van der Waals surface area contributed by atoms with Crippen molar-refractivity contribution >= 4 is 11.6 Å². The minimum Gasteiger partial charge on any atom is -0.393 e. The van der Waals surface area contributed by atoms with Gasteiger partial charge in [-0.15, -0.1) is 0 Å². The first-order valence-corrected chi connectivity index (χ1v) is 12.9. The number of hydrogen-bond donors (Lipinski definition) is 4. The number of aliphatic hydroxyl groups excluding tert-OH is 4. The smallest absolute Gasteiger partial charge is 0.192 e. The highest BCUT2D eigenvalue weighted by Gasteiger charge is 2.32. The van der Waals surface area contributed by atoms with E-state index in [0.717, 1.165) is 51.4 Å². The summed E-state index contributed by atoms with van der Waals surface area (Å²) in [5.41, 5.74) is 0. The maximum absolute atomic E-state index is 12.6. The molecule has 0 aromatic heterocycles. The average molecular weight is 475 g/mol. The van der Waals surface area contributed by atoms with Gasteiger partial charge in [0.05, 0.1) is 13.2 Å². The lowest BCUT2D eigenvalue weighted by molar-refractivity contribution is -0.156. The topological polar surface area (TPSA) is 124 Å². The van der Waals surface area contributed by atoms with Gasteiger partial charge in [0, 0.05) is 0 Å². The van der Waals surface area contributed by atoms with Crippen LogP contribution in [0.2, 0.25) is 0 Å². The summed E-state index contributed by atoms with van der Waals surface area (Å²) in [5, 5.41) is 38.2. The van der Waals surface area contributed by atoms with E-state index in [1.165, 1.54) is 0 Å². The molecule has 0 saturated heterocycles. The van der Waals surface area contributed by atoms with Gasteiger partial charge in [-0.25, -0.2) is 0 Å². The van der Waals surface area contributed by atoms with Crippen molar-refractivity contribution < 1.29 is 34.8 Å². The molecule has 0 amide bonds. The summed E-state index contributed by atoms with van der Waals surface area (Å²) in [5.74, 6) is 0.00992. The number of ketones is 2. The number of hydrogen-bond acceptors (Lipinski definition) is 7. The molecular formula is C26H50O7. The van der Waals surface area contributed by atoms with Crippen molar-refractivity contribution in [3.8, 4) is 0 Å². The molecule has 0 aliphatic rings. The van der Waals surface area contributed by atoms with Crippen molar-refractivity contribution in [3.63, 3.8) is 0 Å². The molecule has 0 fully saturated rings. The second-order valence-corrected chi connectivity index (χ2v) is 10.1. The van der Waals surface area contributed by atoms with Crippen LogP contribution in [0.4, 0.5) is 0 Å². The van der Waals surface area contributed by atoms with Crippen LogP contribution in [0.5, 0.6) is 0 Å². The van der Waals surface area contributed by atoms with E-state index in [-0.39, 0.29) is 0 Å². The van der Waals surface area contributed by atoms with E-state index < -0.39 is 49.2 Å². The highest BCUT2D eigenvalue weighted by molar-refractivity contribution is 5.89. The number of ether oxygens (including phenoxy) is 1. The van der Waals surface area contributed by atoms with Gasteiger partial charge in [0.15, 0.2) is 11.6 Å². The van der Waals surface area contributed by atoms with Crippen LogP contribution >= 0.6 is 0 Å². The van der Waals surface area contributed by atoms with Gasteiger partial charge >= 0.3 is 0 Å². The summed E-state index contributed by atoms with van der Waals surface area (Å²) in [6.45, 7) is 7.31. The van der Waals surface area contributed by atoms with Crippen LogP contribution < -0.4 is 0 Å². The number of carbonyl (C=O) groups is 2. The van der Waals surface area contributed by atoms with Crippen molar-refractivity contribution in [1.29, 1.82) is 0 Å². The number of rotatable bonds is 22. The predicted octanol–water partition coefficient (Wildman–Crippen LogP) is 3.58. The molecule has 0 rings (SSSR count). The molecule has 0 aliphatic carbocycles. The van der Waals surface area contributed by atoms with Gasteiger partial charge in [0.25, 0.3) is 0 Å². The van der Waals surface area contributed by atoms with Crippen molar-refractivity contribution in [2.24, 2.45) is 11.8 Å². The highest BCUT2D eigenvalue weighted by Crippen LogP contribution is 2.19. The Balaban J connectivity index is 4.98. The summed E-state index contributed by atoms with van der Waals surface area (Å²) in [4.78, 5) is 25.2. The van der Waals surface area contributed by atoms with Crippen LogP contribution in [0.3, 0.4) is 0 Å². The van der Waals surface area contributed by atoms with Crippen LogP contribution in [-0.2, 0) is 14.3 Å². The molecule has 196 valence electrons. The fourth-order valence-corrected chi connectivity index (χ4v) is 3.83. The third-order valence-electron chi connectivity index (χ3n) is 5.96. The molecule has 0 spiro atoms. The molecule has 0 bridgehead atoms. The fourth-order valence-electron chi connectivity index (χ4n) is 3.83. The number of aliphatic hydroxyl groups is 4. The Labute approximate surface area is 200 Å². The monoisotopic (exact) mass is 474 g/mol. The van der Waals surface area contributed by atoms with Gasteiger partial charge in [-0.1, -0.05) is 91.9 Å². The van der Waals surface area contributed by atoms with Crippen molar-refractivity contribution in [1.82, 2.24) is 0 Å². The lowest BCUT2D eigenvalue weighted by atomic mass is 9.98. The van der Waals surface area contributed by atoms with E-state index in [1.54, 1.807) is 0 Å². The van der Waals surface area contributed by atoms with Crippen LogP contribution in [0.15, 0.2) is 0 Å². The molecule has 0 saturated carbocycles. The van der Waals surface area contributed by atoms with E-state index in [4.69, 9.17) is 4.74 Å². The average Bonchev–Trinajstić information content (AvgIpc) is 2.78. The predicted molar refractivity (Wildman–Crippen MR) is 130 cm³/mol. The largest absolute Gasteiger partial charge is 0.393 e. The molecule has 0 aromatic rings. The van der Waals surface area contributed by atoms with Crippen LogP contribution in [0.25, 0.3) is 0 Å². The zero-order chi connectivity index (χ0) is 25.2. The van der Waals surface area contributed by atoms with Crippen LogP contribution in [0.1, 0.15) is 105 Å². The lowest BCUT2D eigenvalue weighted by Gasteiger charge is -2.26. The van der Waals surface area contributed by atoms with Gasteiger partial charge in [-0.3, -0.25) is 9.59 Å². The summed E-state index contributed by atoms with van der Waals surface area (Å²) in [6, 6.07) is 0. The highest BCUT2D eigenvalue weighted by atomic mass is 16.5. The standard InChI is InChI=1S/C26H50O7/c1-19(2)13-9-5-7-11-15-23(25(31)21(29)17-27)33-24(26(32)22(30)18-28)16-12-8-6-10-14-20(3)4/h19-24,27-30H,5-18H2,1-4H3. The second kappa shape index (κ2) is 19.4. The molecule has 7 heteroatoms. The number of carbonyl (C=O) groups excluding carboxylic acids is 2. The molecule has 7 nitrogen and oxygen atoms in total. The second-order valence-electron chi connectivity index (χ2n) is 10.1.